The Kier molecular flexibility index (Phi) is 4.98. The summed E-state index contributed by atoms with van der Waals surface area (Å²) in [6.45, 7) is 1.13. The molecular weight excluding hydrogens is 325 g/mol. The zero-order chi connectivity index (χ0) is 17.0. The molecule has 0 amide bonds. The van der Waals surface area contributed by atoms with Crippen LogP contribution in [-0.2, 0) is 4.79 Å². The predicted octanol–water partition coefficient (Wildman–Crippen LogP) is 2.75. The number of rotatable bonds is 6. The number of thiazole rings is 1. The fourth-order valence-corrected chi connectivity index (χ4v) is 2.62. The fourth-order valence-electron chi connectivity index (χ4n) is 1.76. The van der Waals surface area contributed by atoms with Crippen molar-refractivity contribution in [3.8, 4) is 11.8 Å². The number of nitro groups is 1. The summed E-state index contributed by atoms with van der Waals surface area (Å²) >= 11 is 1.16. The maximum absolute atomic E-state index is 13.2. The minimum Gasteiger partial charge on any atom is -0.479 e. The van der Waals surface area contributed by atoms with Crippen molar-refractivity contribution in [1.29, 1.82) is 5.26 Å². The summed E-state index contributed by atoms with van der Waals surface area (Å²) in [5.74, 6) is -2.83. The monoisotopic (exact) mass is 335 g/mol. The van der Waals surface area contributed by atoms with E-state index in [4.69, 9.17) is 10.00 Å². The van der Waals surface area contributed by atoms with Gasteiger partial charge in [-0.25, -0.2) is 9.37 Å². The molecule has 0 unspecified atom stereocenters. The minimum atomic E-state index is -1.12. The lowest BCUT2D eigenvalue weighted by Crippen LogP contribution is -2.19. The molecule has 1 aromatic heterocycles. The first-order valence-corrected chi connectivity index (χ1v) is 7.21. The van der Waals surface area contributed by atoms with Crippen LogP contribution in [0.15, 0.2) is 23.6 Å². The zero-order valence-corrected chi connectivity index (χ0v) is 12.7. The lowest BCUT2D eigenvalue weighted by molar-refractivity contribution is -0.385. The third-order valence-electron chi connectivity index (χ3n) is 2.82. The van der Waals surface area contributed by atoms with Crippen LogP contribution < -0.4 is 4.74 Å². The van der Waals surface area contributed by atoms with Gasteiger partial charge in [-0.1, -0.05) is 0 Å². The highest BCUT2D eigenvalue weighted by Gasteiger charge is 2.25. The van der Waals surface area contributed by atoms with Crippen LogP contribution in [0.2, 0.25) is 0 Å². The third-order valence-corrected chi connectivity index (χ3v) is 3.85. The summed E-state index contributed by atoms with van der Waals surface area (Å²) in [4.78, 5) is 26.3. The molecule has 0 saturated heterocycles. The van der Waals surface area contributed by atoms with Gasteiger partial charge in [0.15, 0.2) is 17.5 Å². The van der Waals surface area contributed by atoms with Crippen LogP contribution in [0.5, 0.6) is 5.75 Å². The summed E-state index contributed by atoms with van der Waals surface area (Å²) in [5, 5.41) is 22.0. The Morgan fingerprint density at radius 1 is 1.61 bits per heavy atom. The molecule has 1 aromatic carbocycles. The van der Waals surface area contributed by atoms with Crippen molar-refractivity contribution in [3.63, 3.8) is 0 Å². The Bertz CT molecular complexity index is 800. The van der Waals surface area contributed by atoms with Crippen LogP contribution in [0.4, 0.5) is 10.1 Å². The number of ketones is 1. The molecule has 1 heterocycles. The van der Waals surface area contributed by atoms with Gasteiger partial charge in [0, 0.05) is 23.2 Å². The van der Waals surface area contributed by atoms with Crippen molar-refractivity contribution in [2.75, 3.05) is 6.61 Å². The van der Waals surface area contributed by atoms with Crippen molar-refractivity contribution < 1.29 is 18.8 Å². The lowest BCUT2D eigenvalue weighted by atomic mass is 10.1. The second-order valence-corrected chi connectivity index (χ2v) is 5.40. The predicted molar refractivity (Wildman–Crippen MR) is 78.8 cm³/mol. The van der Waals surface area contributed by atoms with Gasteiger partial charge < -0.3 is 4.74 Å². The van der Waals surface area contributed by atoms with Crippen molar-refractivity contribution in [3.05, 3.63) is 50.2 Å². The number of hydrogen-bond acceptors (Lipinski definition) is 7. The van der Waals surface area contributed by atoms with E-state index in [9.17, 15) is 19.3 Å². The lowest BCUT2D eigenvalue weighted by Gasteiger charge is -2.08. The highest BCUT2D eigenvalue weighted by atomic mass is 32.1. The maximum Gasteiger partial charge on any atom is 0.311 e. The molecular formula is C14H10FN3O4S. The molecule has 1 atom stereocenters. The summed E-state index contributed by atoms with van der Waals surface area (Å²) in [6, 6.07) is 4.51. The van der Waals surface area contributed by atoms with Gasteiger partial charge in [0.1, 0.15) is 17.4 Å². The van der Waals surface area contributed by atoms with Crippen molar-refractivity contribution in [2.45, 2.75) is 12.8 Å². The van der Waals surface area contributed by atoms with Crippen LogP contribution in [0.25, 0.3) is 0 Å². The van der Waals surface area contributed by atoms with E-state index in [1.54, 1.807) is 12.3 Å². The molecule has 7 nitrogen and oxygen atoms in total. The molecule has 0 N–H and O–H groups in total. The summed E-state index contributed by atoms with van der Waals surface area (Å²) in [5.41, 5.74) is 0.220. The van der Waals surface area contributed by atoms with Gasteiger partial charge in [-0.3, -0.25) is 14.9 Å². The normalized spacial score (nSPS) is 11.5. The first-order chi connectivity index (χ1) is 10.9. The Morgan fingerprint density at radius 2 is 2.35 bits per heavy atom. The molecule has 0 bridgehead atoms. The molecule has 0 aliphatic rings. The minimum absolute atomic E-state index is 0.326. The Morgan fingerprint density at radius 3 is 2.91 bits per heavy atom. The van der Waals surface area contributed by atoms with Gasteiger partial charge in [-0.2, -0.15) is 5.26 Å². The molecule has 23 heavy (non-hydrogen) atoms. The Hall–Kier alpha value is -2.86. The zero-order valence-electron chi connectivity index (χ0n) is 11.9. The van der Waals surface area contributed by atoms with E-state index >= 15 is 0 Å². The first kappa shape index (κ1) is 16.5. The van der Waals surface area contributed by atoms with Gasteiger partial charge in [0.05, 0.1) is 11.0 Å². The summed E-state index contributed by atoms with van der Waals surface area (Å²) in [6.07, 6.45) is 0. The number of halogens is 1. The number of hydrogen-bond donors (Lipinski definition) is 0. The van der Waals surface area contributed by atoms with E-state index in [0.717, 1.165) is 29.5 Å². The van der Waals surface area contributed by atoms with E-state index in [2.05, 4.69) is 4.98 Å². The molecule has 0 fully saturated rings. The molecule has 0 aliphatic carbocycles. The largest absolute Gasteiger partial charge is 0.479 e. The molecule has 2 rings (SSSR count). The van der Waals surface area contributed by atoms with Gasteiger partial charge in [0.25, 0.3) is 0 Å². The summed E-state index contributed by atoms with van der Waals surface area (Å²) < 4.78 is 18.2. The maximum atomic E-state index is 13.2. The molecule has 118 valence electrons. The smallest absolute Gasteiger partial charge is 0.311 e. The molecule has 2 aromatic rings. The van der Waals surface area contributed by atoms with Crippen LogP contribution >= 0.6 is 11.3 Å². The van der Waals surface area contributed by atoms with Crippen LogP contribution in [0.3, 0.4) is 0 Å². The molecule has 9 heteroatoms. The van der Waals surface area contributed by atoms with Gasteiger partial charge in [-0.15, -0.1) is 11.3 Å². The van der Waals surface area contributed by atoms with Crippen molar-refractivity contribution in [1.82, 2.24) is 4.98 Å². The van der Waals surface area contributed by atoms with Crippen molar-refractivity contribution in [2.24, 2.45) is 0 Å². The Labute approximate surface area is 134 Å². The standard InChI is InChI=1S/C14H10FN3O4S/c1-8-7-23-14(17-8)10(5-16)12(19)6-22-13-4-9(15)2-3-11(13)18(20)21/h2-4,7,10H,6H2,1H3/t10-/m1/s1. The summed E-state index contributed by atoms with van der Waals surface area (Å²) in [7, 11) is 0. The second-order valence-electron chi connectivity index (χ2n) is 4.51. The number of Topliss-reactive ketones (excluding diaryl/α,β-unsaturated/α-hetero) is 1. The number of carbonyl (C=O) groups excluding carboxylic acids is 1. The fraction of sp³-hybridized carbons (Fsp3) is 0.214. The molecule has 0 spiro atoms. The van der Waals surface area contributed by atoms with E-state index in [1.807, 2.05) is 6.07 Å². The van der Waals surface area contributed by atoms with Gasteiger partial charge >= 0.3 is 5.69 Å². The van der Waals surface area contributed by atoms with E-state index in [-0.39, 0.29) is 5.75 Å². The number of ether oxygens (including phenoxy) is 1. The average molecular weight is 335 g/mol. The van der Waals surface area contributed by atoms with E-state index in [1.165, 1.54) is 0 Å². The number of nitriles is 1. The number of benzene rings is 1. The van der Waals surface area contributed by atoms with Crippen molar-refractivity contribution >= 4 is 22.8 Å². The van der Waals surface area contributed by atoms with Crippen LogP contribution in [0, 0.1) is 34.2 Å². The van der Waals surface area contributed by atoms with E-state index < -0.39 is 34.7 Å². The van der Waals surface area contributed by atoms with E-state index in [0.29, 0.717) is 10.7 Å². The number of carbonyl (C=O) groups is 1. The molecule has 0 aliphatic heterocycles. The molecule has 0 saturated carbocycles. The molecule has 0 radical (unpaired) electrons. The number of aryl methyl sites for hydroxylation is 1. The second kappa shape index (κ2) is 6.93. The van der Waals surface area contributed by atoms with Gasteiger partial charge in [0.2, 0.25) is 0 Å². The number of nitro benzene ring substituents is 1. The SMILES string of the molecule is Cc1csc([C@H](C#N)C(=O)COc2cc(F)ccc2[N+](=O)[O-])n1. The first-order valence-electron chi connectivity index (χ1n) is 6.33. The Balaban J connectivity index is 2.14. The average Bonchev–Trinajstić information content (AvgIpc) is 2.92. The van der Waals surface area contributed by atoms with Crippen LogP contribution in [-0.4, -0.2) is 22.3 Å². The van der Waals surface area contributed by atoms with Gasteiger partial charge in [-0.05, 0) is 13.0 Å². The highest BCUT2D eigenvalue weighted by Crippen LogP contribution is 2.28. The van der Waals surface area contributed by atoms with Crippen LogP contribution in [0.1, 0.15) is 16.6 Å². The highest BCUT2D eigenvalue weighted by molar-refractivity contribution is 7.09. The number of aromatic nitrogens is 1. The quantitative estimate of drug-likeness (QED) is 0.593. The number of nitrogens with zero attached hydrogens (tertiary/aromatic N) is 3. The third kappa shape index (κ3) is 3.87. The topological polar surface area (TPSA) is 106 Å².